The first-order valence-electron chi connectivity index (χ1n) is 5.55. The molecule has 0 spiro atoms. The Balaban J connectivity index is 0.000000686. The predicted molar refractivity (Wildman–Crippen MR) is 60.9 cm³/mol. The Labute approximate surface area is 98.1 Å². The fourth-order valence-corrected chi connectivity index (χ4v) is 1.45. The highest BCUT2D eigenvalue weighted by atomic mass is 19.4. The number of aryl methyl sites for hydroxylation is 1. The monoisotopic (exact) mass is 244 g/mol. The lowest BCUT2D eigenvalue weighted by atomic mass is 10.2. The molecule has 2 nitrogen and oxygen atoms in total. The molecule has 0 fully saturated rings. The Hall–Kier alpha value is -1.52. The molecule has 0 saturated heterocycles. The molecule has 0 aliphatic heterocycles. The molecular formula is C12H15F3N2. The maximum Gasteiger partial charge on any atom is 0.433 e. The van der Waals surface area contributed by atoms with Gasteiger partial charge in [-0.25, -0.2) is 4.98 Å². The van der Waals surface area contributed by atoms with E-state index in [4.69, 9.17) is 0 Å². The van der Waals surface area contributed by atoms with Crippen LogP contribution < -0.4 is 0 Å². The molecule has 0 radical (unpaired) electrons. The molecule has 0 aliphatic carbocycles. The summed E-state index contributed by atoms with van der Waals surface area (Å²) >= 11 is 0. The molecule has 0 amide bonds. The van der Waals surface area contributed by atoms with Gasteiger partial charge in [-0.15, -0.1) is 0 Å². The summed E-state index contributed by atoms with van der Waals surface area (Å²) in [5, 5.41) is 0. The predicted octanol–water partition coefficient (Wildman–Crippen LogP) is 3.94. The highest BCUT2D eigenvalue weighted by Crippen LogP contribution is 2.29. The van der Waals surface area contributed by atoms with Crippen LogP contribution in [0.1, 0.15) is 32.0 Å². The van der Waals surface area contributed by atoms with Crippen molar-refractivity contribution in [3.8, 4) is 0 Å². The van der Waals surface area contributed by atoms with E-state index in [0.29, 0.717) is 5.65 Å². The summed E-state index contributed by atoms with van der Waals surface area (Å²) in [6.07, 6.45) is -1.31. The second-order valence-electron chi connectivity index (χ2n) is 3.26. The van der Waals surface area contributed by atoms with Crippen molar-refractivity contribution in [3.63, 3.8) is 0 Å². The van der Waals surface area contributed by atoms with E-state index in [-0.39, 0.29) is 0 Å². The van der Waals surface area contributed by atoms with E-state index in [1.807, 2.05) is 20.8 Å². The van der Waals surface area contributed by atoms with Crippen molar-refractivity contribution in [2.45, 2.75) is 33.4 Å². The Morgan fingerprint density at radius 2 is 1.94 bits per heavy atom. The van der Waals surface area contributed by atoms with Gasteiger partial charge in [-0.2, -0.15) is 13.2 Å². The highest BCUT2D eigenvalue weighted by molar-refractivity contribution is 5.43. The van der Waals surface area contributed by atoms with Crippen LogP contribution in [0, 0.1) is 0 Å². The molecule has 17 heavy (non-hydrogen) atoms. The van der Waals surface area contributed by atoms with E-state index >= 15 is 0 Å². The third-order valence-electron chi connectivity index (χ3n) is 2.28. The third kappa shape index (κ3) is 2.78. The topological polar surface area (TPSA) is 17.3 Å². The molecular weight excluding hydrogens is 229 g/mol. The first-order valence-corrected chi connectivity index (χ1v) is 5.55. The molecule has 0 unspecified atom stereocenters. The molecule has 0 atom stereocenters. The van der Waals surface area contributed by atoms with Gasteiger partial charge in [0.1, 0.15) is 11.3 Å². The highest BCUT2D eigenvalue weighted by Gasteiger charge is 2.34. The van der Waals surface area contributed by atoms with Crippen LogP contribution in [0.5, 0.6) is 0 Å². The first-order chi connectivity index (χ1) is 8.02. The number of alkyl halides is 3. The van der Waals surface area contributed by atoms with Crippen molar-refractivity contribution in [1.82, 2.24) is 9.38 Å². The number of nitrogens with zero attached hydrogens (tertiary/aromatic N) is 2. The fraction of sp³-hybridized carbons (Fsp3) is 0.417. The van der Waals surface area contributed by atoms with Crippen LogP contribution in [0.3, 0.4) is 0 Å². The van der Waals surface area contributed by atoms with Gasteiger partial charge in [0.25, 0.3) is 0 Å². The molecule has 2 aromatic rings. The number of hydrogen-bond acceptors (Lipinski definition) is 1. The third-order valence-corrected chi connectivity index (χ3v) is 2.28. The number of rotatable bonds is 1. The van der Waals surface area contributed by atoms with Gasteiger partial charge in [-0.05, 0) is 24.1 Å². The van der Waals surface area contributed by atoms with Crippen LogP contribution in [0.4, 0.5) is 13.2 Å². The van der Waals surface area contributed by atoms with Crippen molar-refractivity contribution in [2.75, 3.05) is 0 Å². The number of fused-ring (bicyclic) bond motifs is 1. The SMILES string of the molecule is CC.CCc1ccn2c(C(F)(F)F)cnc2c1. The van der Waals surface area contributed by atoms with Gasteiger partial charge in [0.05, 0.1) is 6.20 Å². The standard InChI is InChI=1S/C10H9F3N2.C2H6/c1-2-7-3-4-15-8(10(11,12)13)6-14-9(15)5-7;1-2/h3-6H,2H2,1H3;1-2H3. The minimum atomic E-state index is -4.35. The molecule has 5 heteroatoms. The van der Waals surface area contributed by atoms with Crippen molar-refractivity contribution in [1.29, 1.82) is 0 Å². The summed E-state index contributed by atoms with van der Waals surface area (Å²) in [4.78, 5) is 3.74. The van der Waals surface area contributed by atoms with Crippen molar-refractivity contribution in [3.05, 3.63) is 35.8 Å². The normalized spacial score (nSPS) is 11.2. The fourth-order valence-electron chi connectivity index (χ4n) is 1.45. The van der Waals surface area contributed by atoms with Crippen molar-refractivity contribution in [2.24, 2.45) is 0 Å². The molecule has 0 saturated carbocycles. The maximum absolute atomic E-state index is 12.5. The molecule has 2 rings (SSSR count). The van der Waals surface area contributed by atoms with Gasteiger partial charge in [0.15, 0.2) is 0 Å². The average Bonchev–Trinajstić information content (AvgIpc) is 2.73. The van der Waals surface area contributed by atoms with Crippen molar-refractivity contribution < 1.29 is 13.2 Å². The largest absolute Gasteiger partial charge is 0.433 e. The number of pyridine rings is 1. The zero-order valence-electron chi connectivity index (χ0n) is 10.0. The van der Waals surface area contributed by atoms with E-state index in [0.717, 1.165) is 22.6 Å². The minimum Gasteiger partial charge on any atom is -0.296 e. The molecule has 0 N–H and O–H groups in total. The quantitative estimate of drug-likeness (QED) is 0.742. The Kier molecular flexibility index (Phi) is 4.15. The van der Waals surface area contributed by atoms with Crippen LogP contribution in [-0.4, -0.2) is 9.38 Å². The summed E-state index contributed by atoms with van der Waals surface area (Å²) in [5.41, 5.74) is 0.573. The van der Waals surface area contributed by atoms with Gasteiger partial charge < -0.3 is 0 Å². The number of aromatic nitrogens is 2. The molecule has 2 aromatic heterocycles. The molecule has 2 heterocycles. The Morgan fingerprint density at radius 3 is 2.47 bits per heavy atom. The number of hydrogen-bond donors (Lipinski definition) is 0. The second kappa shape index (κ2) is 5.21. The van der Waals surface area contributed by atoms with Gasteiger partial charge in [-0.3, -0.25) is 4.40 Å². The number of halogens is 3. The molecule has 0 aliphatic rings. The maximum atomic E-state index is 12.5. The summed E-state index contributed by atoms with van der Waals surface area (Å²) in [5.74, 6) is 0. The lowest BCUT2D eigenvalue weighted by molar-refractivity contribution is -0.141. The van der Waals surface area contributed by atoms with E-state index < -0.39 is 11.9 Å². The van der Waals surface area contributed by atoms with E-state index in [1.54, 1.807) is 12.1 Å². The minimum absolute atomic E-state index is 0.335. The van der Waals surface area contributed by atoms with E-state index in [9.17, 15) is 13.2 Å². The lowest BCUT2D eigenvalue weighted by Crippen LogP contribution is -2.08. The zero-order valence-corrected chi connectivity index (χ0v) is 10.0. The summed E-state index contributed by atoms with van der Waals surface area (Å²) < 4.78 is 38.5. The zero-order chi connectivity index (χ0) is 13.1. The van der Waals surface area contributed by atoms with Gasteiger partial charge in [0, 0.05) is 6.20 Å². The smallest absolute Gasteiger partial charge is 0.296 e. The average molecular weight is 244 g/mol. The van der Waals surface area contributed by atoms with Crippen LogP contribution in [-0.2, 0) is 12.6 Å². The summed E-state index contributed by atoms with van der Waals surface area (Å²) in [6.45, 7) is 5.94. The molecule has 0 aromatic carbocycles. The Bertz CT molecular complexity index is 486. The van der Waals surface area contributed by atoms with Crippen LogP contribution >= 0.6 is 0 Å². The second-order valence-corrected chi connectivity index (χ2v) is 3.26. The molecule has 0 bridgehead atoms. The molecule has 94 valence electrons. The van der Waals surface area contributed by atoms with Crippen LogP contribution in [0.25, 0.3) is 5.65 Å². The summed E-state index contributed by atoms with van der Waals surface area (Å²) in [6, 6.07) is 3.33. The van der Waals surface area contributed by atoms with Gasteiger partial charge >= 0.3 is 6.18 Å². The first kappa shape index (κ1) is 13.5. The number of imidazole rings is 1. The Morgan fingerprint density at radius 1 is 1.29 bits per heavy atom. The summed E-state index contributed by atoms with van der Waals surface area (Å²) in [7, 11) is 0. The van der Waals surface area contributed by atoms with Crippen molar-refractivity contribution >= 4 is 5.65 Å². The van der Waals surface area contributed by atoms with E-state index in [2.05, 4.69) is 4.98 Å². The lowest BCUT2D eigenvalue weighted by Gasteiger charge is -2.05. The van der Waals surface area contributed by atoms with E-state index in [1.165, 1.54) is 6.20 Å². The van der Waals surface area contributed by atoms with Gasteiger partial charge in [0.2, 0.25) is 0 Å². The van der Waals surface area contributed by atoms with Gasteiger partial charge in [-0.1, -0.05) is 20.8 Å². The van der Waals surface area contributed by atoms with Crippen LogP contribution in [0.15, 0.2) is 24.5 Å². The van der Waals surface area contributed by atoms with Crippen LogP contribution in [0.2, 0.25) is 0 Å².